The van der Waals surface area contributed by atoms with Gasteiger partial charge < -0.3 is 0 Å². The number of rotatable bonds is 5. The van der Waals surface area contributed by atoms with Gasteiger partial charge in [0.1, 0.15) is 0 Å². The summed E-state index contributed by atoms with van der Waals surface area (Å²) in [7, 11) is 0. The van der Waals surface area contributed by atoms with Gasteiger partial charge in [-0.1, -0.05) is 62.4 Å². The zero-order chi connectivity index (χ0) is 13.7. The van der Waals surface area contributed by atoms with E-state index < -0.39 is 0 Å². The van der Waals surface area contributed by atoms with Crippen LogP contribution in [0.4, 0.5) is 0 Å². The molecule has 0 fully saturated rings. The van der Waals surface area contributed by atoms with Gasteiger partial charge >= 0.3 is 0 Å². The second-order valence-electron chi connectivity index (χ2n) is 5.84. The lowest BCUT2D eigenvalue weighted by Gasteiger charge is -2.08. The molecule has 2 aromatic carbocycles. The number of hydrogen-bond donors (Lipinski definition) is 0. The lowest BCUT2D eigenvalue weighted by molar-refractivity contribution is 0.647. The molecule has 0 atom stereocenters. The molecule has 100 valence electrons. The van der Waals surface area contributed by atoms with Crippen LogP contribution in [-0.2, 0) is 19.3 Å². The van der Waals surface area contributed by atoms with Gasteiger partial charge in [0.25, 0.3) is 0 Å². The van der Waals surface area contributed by atoms with Crippen molar-refractivity contribution in [3.05, 3.63) is 70.8 Å². The van der Waals surface area contributed by atoms with Crippen LogP contribution in [0.5, 0.6) is 0 Å². The van der Waals surface area contributed by atoms with Crippen molar-refractivity contribution in [3.63, 3.8) is 0 Å². The van der Waals surface area contributed by atoms with Crippen molar-refractivity contribution in [2.75, 3.05) is 0 Å². The molecule has 2 aromatic rings. The highest BCUT2D eigenvalue weighted by molar-refractivity contribution is 5.28. The molecule has 2 rings (SSSR count). The maximum atomic E-state index is 2.29. The summed E-state index contributed by atoms with van der Waals surface area (Å²) in [6.45, 7) is 6.74. The molecule has 0 bridgehead atoms. The summed E-state index contributed by atoms with van der Waals surface area (Å²) >= 11 is 0. The van der Waals surface area contributed by atoms with Crippen LogP contribution in [0, 0.1) is 12.8 Å². The molecule has 0 aliphatic rings. The van der Waals surface area contributed by atoms with Crippen molar-refractivity contribution < 1.29 is 0 Å². The van der Waals surface area contributed by atoms with Crippen LogP contribution in [0.2, 0.25) is 0 Å². The van der Waals surface area contributed by atoms with Crippen molar-refractivity contribution in [1.82, 2.24) is 0 Å². The monoisotopic (exact) mass is 252 g/mol. The Bertz CT molecular complexity index is 506. The Morgan fingerprint density at radius 2 is 1.42 bits per heavy atom. The van der Waals surface area contributed by atoms with Crippen molar-refractivity contribution in [2.45, 2.75) is 40.0 Å². The van der Waals surface area contributed by atoms with Crippen LogP contribution >= 0.6 is 0 Å². The third-order valence-corrected chi connectivity index (χ3v) is 3.61. The first-order chi connectivity index (χ1) is 9.15. The third-order valence-electron chi connectivity index (χ3n) is 3.61. The average molecular weight is 252 g/mol. The fourth-order valence-electron chi connectivity index (χ4n) is 2.48. The van der Waals surface area contributed by atoms with Crippen LogP contribution in [0.25, 0.3) is 0 Å². The van der Waals surface area contributed by atoms with Crippen molar-refractivity contribution in [2.24, 2.45) is 5.92 Å². The normalized spacial score (nSPS) is 10.9. The zero-order valence-corrected chi connectivity index (χ0v) is 12.3. The van der Waals surface area contributed by atoms with E-state index in [9.17, 15) is 0 Å². The van der Waals surface area contributed by atoms with Gasteiger partial charge in [0.2, 0.25) is 0 Å². The summed E-state index contributed by atoms with van der Waals surface area (Å²) in [4.78, 5) is 0. The van der Waals surface area contributed by atoms with E-state index >= 15 is 0 Å². The highest BCUT2D eigenvalue weighted by Crippen LogP contribution is 2.14. The maximum absolute atomic E-state index is 2.29. The van der Waals surface area contributed by atoms with E-state index in [0.717, 1.165) is 18.8 Å². The van der Waals surface area contributed by atoms with Gasteiger partial charge in [-0.05, 0) is 54.4 Å². The molecule has 0 saturated carbocycles. The SMILES string of the molecule is Cc1ccccc1CCc1ccc(CC(C)C)cc1. The van der Waals surface area contributed by atoms with Gasteiger partial charge in [-0.3, -0.25) is 0 Å². The Morgan fingerprint density at radius 3 is 2.05 bits per heavy atom. The molecule has 0 unspecified atom stereocenters. The second kappa shape index (κ2) is 6.56. The Hall–Kier alpha value is -1.56. The van der Waals surface area contributed by atoms with E-state index in [4.69, 9.17) is 0 Å². The Morgan fingerprint density at radius 1 is 0.789 bits per heavy atom. The minimum absolute atomic E-state index is 0.734. The van der Waals surface area contributed by atoms with Gasteiger partial charge in [-0.25, -0.2) is 0 Å². The summed E-state index contributed by atoms with van der Waals surface area (Å²) in [5.41, 5.74) is 5.76. The lowest BCUT2D eigenvalue weighted by atomic mass is 9.98. The minimum atomic E-state index is 0.734. The van der Waals surface area contributed by atoms with Gasteiger partial charge in [-0.15, -0.1) is 0 Å². The van der Waals surface area contributed by atoms with E-state index in [0.29, 0.717) is 0 Å². The molecular formula is C19H24. The molecule has 0 nitrogen and oxygen atoms in total. The summed E-state index contributed by atoms with van der Waals surface area (Å²) in [6, 6.07) is 17.8. The van der Waals surface area contributed by atoms with Gasteiger partial charge in [0.05, 0.1) is 0 Å². The summed E-state index contributed by atoms with van der Waals surface area (Å²) in [5, 5.41) is 0. The van der Waals surface area contributed by atoms with Crippen LogP contribution in [-0.4, -0.2) is 0 Å². The summed E-state index contributed by atoms with van der Waals surface area (Å²) in [6.07, 6.45) is 3.45. The zero-order valence-electron chi connectivity index (χ0n) is 12.3. The molecule has 0 aliphatic carbocycles. The predicted octanol–water partition coefficient (Wildman–Crippen LogP) is 4.98. The predicted molar refractivity (Wildman–Crippen MR) is 83.6 cm³/mol. The Balaban J connectivity index is 1.95. The van der Waals surface area contributed by atoms with Gasteiger partial charge in [0, 0.05) is 0 Å². The molecule has 0 amide bonds. The fourth-order valence-corrected chi connectivity index (χ4v) is 2.48. The molecule has 0 aromatic heterocycles. The van der Waals surface area contributed by atoms with Crippen LogP contribution in [0.15, 0.2) is 48.5 Å². The third kappa shape index (κ3) is 4.24. The van der Waals surface area contributed by atoms with Crippen LogP contribution in [0.3, 0.4) is 0 Å². The molecule has 0 heterocycles. The standard InChI is InChI=1S/C19H24/c1-15(2)14-18-10-8-17(9-11-18)12-13-19-7-5-4-6-16(19)3/h4-11,15H,12-14H2,1-3H3. The van der Waals surface area contributed by atoms with E-state index in [1.807, 2.05) is 0 Å². The van der Waals surface area contributed by atoms with Gasteiger partial charge in [-0.2, -0.15) is 0 Å². The van der Waals surface area contributed by atoms with Gasteiger partial charge in [0.15, 0.2) is 0 Å². The minimum Gasteiger partial charge on any atom is -0.0625 e. The van der Waals surface area contributed by atoms with Crippen molar-refractivity contribution in [3.8, 4) is 0 Å². The first kappa shape index (κ1) is 13.9. The molecule has 0 aliphatic heterocycles. The highest BCUT2D eigenvalue weighted by atomic mass is 14.1. The van der Waals surface area contributed by atoms with Crippen molar-refractivity contribution in [1.29, 1.82) is 0 Å². The summed E-state index contributed by atoms with van der Waals surface area (Å²) in [5.74, 6) is 0.734. The number of hydrogen-bond acceptors (Lipinski definition) is 0. The van der Waals surface area contributed by atoms with Crippen molar-refractivity contribution >= 4 is 0 Å². The van der Waals surface area contributed by atoms with E-state index in [1.165, 1.54) is 28.7 Å². The largest absolute Gasteiger partial charge is 0.0625 e. The van der Waals surface area contributed by atoms with E-state index in [2.05, 4.69) is 69.3 Å². The Kier molecular flexibility index (Phi) is 4.79. The quantitative estimate of drug-likeness (QED) is 0.704. The molecule has 0 spiro atoms. The smallest absolute Gasteiger partial charge is 0.0236 e. The fraction of sp³-hybridized carbons (Fsp3) is 0.368. The lowest BCUT2D eigenvalue weighted by Crippen LogP contribution is -1.96. The molecule has 0 radical (unpaired) electrons. The first-order valence-corrected chi connectivity index (χ1v) is 7.27. The number of aryl methyl sites for hydroxylation is 3. The highest BCUT2D eigenvalue weighted by Gasteiger charge is 2.00. The van der Waals surface area contributed by atoms with Crippen LogP contribution < -0.4 is 0 Å². The first-order valence-electron chi connectivity index (χ1n) is 7.27. The maximum Gasteiger partial charge on any atom is -0.0236 e. The summed E-state index contributed by atoms with van der Waals surface area (Å²) < 4.78 is 0. The van der Waals surface area contributed by atoms with E-state index in [-0.39, 0.29) is 0 Å². The van der Waals surface area contributed by atoms with Crippen LogP contribution in [0.1, 0.15) is 36.1 Å². The topological polar surface area (TPSA) is 0 Å². The Labute approximate surface area is 117 Å². The average Bonchev–Trinajstić information content (AvgIpc) is 2.39. The molecule has 19 heavy (non-hydrogen) atoms. The number of benzene rings is 2. The second-order valence-corrected chi connectivity index (χ2v) is 5.84. The molecule has 0 heteroatoms. The van der Waals surface area contributed by atoms with E-state index in [1.54, 1.807) is 0 Å². The molecular weight excluding hydrogens is 228 g/mol. The molecule has 0 N–H and O–H groups in total. The molecule has 0 saturated heterocycles.